The summed E-state index contributed by atoms with van der Waals surface area (Å²) < 4.78 is 53.7. The van der Waals surface area contributed by atoms with Crippen molar-refractivity contribution in [3.8, 4) is 0 Å². The third-order valence-corrected chi connectivity index (χ3v) is 5.10. The molecule has 0 unspecified atom stereocenters. The second-order valence-electron chi connectivity index (χ2n) is 4.13. The zero-order valence-electron chi connectivity index (χ0n) is 10.4. The molecule has 2 rings (SSSR count). The van der Waals surface area contributed by atoms with Gasteiger partial charge in [0.25, 0.3) is 10.0 Å². The van der Waals surface area contributed by atoms with Gasteiger partial charge in [0.15, 0.2) is 11.6 Å². The third kappa shape index (κ3) is 3.81. The van der Waals surface area contributed by atoms with E-state index in [0.29, 0.717) is 5.33 Å². The van der Waals surface area contributed by atoms with Crippen LogP contribution in [0.1, 0.15) is 5.56 Å². The Labute approximate surface area is 137 Å². The monoisotopic (exact) mass is 439 g/mol. The van der Waals surface area contributed by atoms with Crippen LogP contribution < -0.4 is 4.72 Å². The summed E-state index contributed by atoms with van der Waals surface area (Å²) in [4.78, 5) is -0.0751. The number of hydrogen-bond acceptors (Lipinski definition) is 2. The molecule has 0 atom stereocenters. The summed E-state index contributed by atoms with van der Waals surface area (Å²) in [6.07, 6.45) is 0. The van der Waals surface area contributed by atoms with E-state index >= 15 is 0 Å². The molecule has 0 radical (unpaired) electrons. The van der Waals surface area contributed by atoms with E-state index in [4.69, 9.17) is 0 Å². The maximum Gasteiger partial charge on any atom is 0.262 e. The highest BCUT2D eigenvalue weighted by atomic mass is 79.9. The topological polar surface area (TPSA) is 46.2 Å². The predicted octanol–water partition coefficient (Wildman–Crippen LogP) is 4.42. The van der Waals surface area contributed by atoms with Crippen LogP contribution in [0.25, 0.3) is 0 Å². The number of halogens is 4. The van der Waals surface area contributed by atoms with Crippen LogP contribution in [0.3, 0.4) is 0 Å². The molecule has 1 N–H and O–H groups in total. The van der Waals surface area contributed by atoms with E-state index in [1.807, 2.05) is 4.72 Å². The van der Waals surface area contributed by atoms with Crippen molar-refractivity contribution < 1.29 is 17.2 Å². The molecule has 0 bridgehead atoms. The first kappa shape index (κ1) is 16.4. The Balaban J connectivity index is 2.37. The third-order valence-electron chi connectivity index (χ3n) is 2.63. The summed E-state index contributed by atoms with van der Waals surface area (Å²) in [6.45, 7) is 0. The number of anilines is 1. The lowest BCUT2D eigenvalue weighted by molar-refractivity contribution is 0.582. The smallest absolute Gasteiger partial charge is 0.262 e. The van der Waals surface area contributed by atoms with Crippen LogP contribution in [0.2, 0.25) is 0 Å². The van der Waals surface area contributed by atoms with E-state index in [1.165, 1.54) is 12.1 Å². The summed E-state index contributed by atoms with van der Waals surface area (Å²) in [5.74, 6) is -2.00. The molecular formula is C13H9Br2F2NO2S. The molecule has 0 aliphatic carbocycles. The van der Waals surface area contributed by atoms with Crippen molar-refractivity contribution in [1.82, 2.24) is 0 Å². The zero-order valence-corrected chi connectivity index (χ0v) is 14.4. The molecule has 112 valence electrons. The Morgan fingerprint density at radius 1 is 1.05 bits per heavy atom. The van der Waals surface area contributed by atoms with Gasteiger partial charge in [-0.15, -0.1) is 0 Å². The van der Waals surface area contributed by atoms with Gasteiger partial charge in [-0.25, -0.2) is 17.2 Å². The van der Waals surface area contributed by atoms with Gasteiger partial charge in [0.05, 0.1) is 4.90 Å². The van der Waals surface area contributed by atoms with Gasteiger partial charge in [-0.2, -0.15) is 0 Å². The number of benzene rings is 2. The van der Waals surface area contributed by atoms with Crippen LogP contribution in [0.4, 0.5) is 14.5 Å². The molecule has 2 aromatic rings. The molecular weight excluding hydrogens is 432 g/mol. The average molecular weight is 441 g/mol. The molecule has 0 saturated heterocycles. The zero-order chi connectivity index (χ0) is 15.6. The van der Waals surface area contributed by atoms with Crippen molar-refractivity contribution in [3.63, 3.8) is 0 Å². The van der Waals surface area contributed by atoms with Crippen LogP contribution in [-0.4, -0.2) is 8.42 Å². The minimum absolute atomic E-state index is 0.0751. The minimum Gasteiger partial charge on any atom is -0.274 e. The van der Waals surface area contributed by atoms with E-state index in [-0.39, 0.29) is 9.37 Å². The number of hydrogen-bond donors (Lipinski definition) is 1. The summed E-state index contributed by atoms with van der Waals surface area (Å²) in [5, 5.41) is 0.580. The Hall–Kier alpha value is -0.990. The number of sulfonamides is 1. The summed E-state index contributed by atoms with van der Waals surface area (Å²) in [7, 11) is -4.06. The molecule has 0 aliphatic heterocycles. The summed E-state index contributed by atoms with van der Waals surface area (Å²) >= 11 is 6.17. The van der Waals surface area contributed by atoms with Crippen LogP contribution >= 0.6 is 31.9 Å². The van der Waals surface area contributed by atoms with E-state index in [9.17, 15) is 17.2 Å². The van der Waals surface area contributed by atoms with E-state index in [1.54, 1.807) is 12.1 Å². The molecule has 3 nitrogen and oxygen atoms in total. The highest BCUT2D eigenvalue weighted by Gasteiger charge is 2.19. The normalized spacial score (nSPS) is 11.4. The van der Waals surface area contributed by atoms with Crippen molar-refractivity contribution in [3.05, 3.63) is 58.1 Å². The average Bonchev–Trinajstić information content (AvgIpc) is 2.43. The van der Waals surface area contributed by atoms with Crippen LogP contribution in [0.15, 0.2) is 45.8 Å². The molecule has 0 aliphatic rings. The molecule has 0 amide bonds. The number of rotatable bonds is 4. The van der Waals surface area contributed by atoms with Gasteiger partial charge < -0.3 is 0 Å². The van der Waals surface area contributed by atoms with Gasteiger partial charge in [0.1, 0.15) is 5.69 Å². The molecule has 8 heteroatoms. The van der Waals surface area contributed by atoms with Gasteiger partial charge in [-0.3, -0.25) is 4.72 Å². The maximum atomic E-state index is 13.7. The quantitative estimate of drug-likeness (QED) is 0.715. The molecule has 21 heavy (non-hydrogen) atoms. The first-order valence-corrected chi connectivity index (χ1v) is 9.05. The van der Waals surface area contributed by atoms with Gasteiger partial charge in [0.2, 0.25) is 0 Å². The lowest BCUT2D eigenvalue weighted by Gasteiger charge is -2.10. The molecule has 0 saturated carbocycles. The fourth-order valence-corrected chi connectivity index (χ4v) is 3.44. The van der Waals surface area contributed by atoms with Crippen LogP contribution in [-0.2, 0) is 15.4 Å². The van der Waals surface area contributed by atoms with Gasteiger partial charge >= 0.3 is 0 Å². The first-order valence-electron chi connectivity index (χ1n) is 5.66. The van der Waals surface area contributed by atoms with Gasteiger partial charge in [-0.1, -0.05) is 44.0 Å². The van der Waals surface area contributed by atoms with Crippen molar-refractivity contribution >= 4 is 47.6 Å². The highest BCUT2D eigenvalue weighted by molar-refractivity contribution is 9.10. The van der Waals surface area contributed by atoms with Crippen molar-refractivity contribution in [1.29, 1.82) is 0 Å². The Kier molecular flexibility index (Phi) is 5.00. The van der Waals surface area contributed by atoms with E-state index in [2.05, 4.69) is 31.9 Å². The maximum absolute atomic E-state index is 13.7. The van der Waals surface area contributed by atoms with Crippen LogP contribution in [0.5, 0.6) is 0 Å². The molecule has 2 aromatic carbocycles. The molecule has 0 aromatic heterocycles. The second-order valence-corrected chi connectivity index (χ2v) is 7.29. The Bertz CT molecular complexity index is 741. The fraction of sp³-hybridized carbons (Fsp3) is 0.0769. The van der Waals surface area contributed by atoms with E-state index in [0.717, 1.165) is 17.7 Å². The number of alkyl halides is 1. The summed E-state index contributed by atoms with van der Waals surface area (Å²) in [6, 6.07) is 7.92. The lowest BCUT2D eigenvalue weighted by atomic mass is 10.2. The summed E-state index contributed by atoms with van der Waals surface area (Å²) in [5.41, 5.74) is 0.178. The molecule has 0 heterocycles. The van der Waals surface area contributed by atoms with Crippen molar-refractivity contribution in [2.24, 2.45) is 0 Å². The van der Waals surface area contributed by atoms with Crippen LogP contribution in [0, 0.1) is 11.6 Å². The molecule has 0 spiro atoms. The second kappa shape index (κ2) is 6.41. The predicted molar refractivity (Wildman–Crippen MR) is 83.9 cm³/mol. The standard InChI is InChI=1S/C13H9Br2F2NO2S/c14-7-8-1-3-10(4-2-8)21(19,20)18-13-11(16)5-9(15)6-12(13)17/h1-6,18H,7H2. The fourth-order valence-electron chi connectivity index (χ4n) is 1.59. The van der Waals surface area contributed by atoms with Gasteiger partial charge in [-0.05, 0) is 29.8 Å². The van der Waals surface area contributed by atoms with Gasteiger partial charge in [0, 0.05) is 9.80 Å². The SMILES string of the molecule is O=S(=O)(Nc1c(F)cc(Br)cc1F)c1ccc(CBr)cc1. The van der Waals surface area contributed by atoms with E-state index < -0.39 is 27.3 Å². The number of nitrogens with one attached hydrogen (secondary N) is 1. The largest absolute Gasteiger partial charge is 0.274 e. The van der Waals surface area contributed by atoms with Crippen molar-refractivity contribution in [2.45, 2.75) is 10.2 Å². The Morgan fingerprint density at radius 3 is 2.05 bits per heavy atom. The molecule has 0 fully saturated rings. The van der Waals surface area contributed by atoms with Crippen molar-refractivity contribution in [2.75, 3.05) is 4.72 Å². The Morgan fingerprint density at radius 2 is 1.57 bits per heavy atom. The minimum atomic E-state index is -4.06. The first-order chi connectivity index (χ1) is 9.83. The highest BCUT2D eigenvalue weighted by Crippen LogP contribution is 2.26. The lowest BCUT2D eigenvalue weighted by Crippen LogP contribution is -2.15.